The molecule has 1 rings (SSSR count). The highest BCUT2D eigenvalue weighted by Gasteiger charge is 2.34. The Labute approximate surface area is 114 Å². The van der Waals surface area contributed by atoms with Gasteiger partial charge in [0, 0.05) is 18.2 Å². The smallest absolute Gasteiger partial charge is 0.323 e. The van der Waals surface area contributed by atoms with Crippen LogP contribution in [0.3, 0.4) is 0 Å². The molecule has 0 radical (unpaired) electrons. The molecule has 1 saturated carbocycles. The number of rotatable bonds is 5. The fraction of sp³-hybridized carbons (Fsp3) is 0.846. The topological polar surface area (TPSA) is 78.9 Å². The lowest BCUT2D eigenvalue weighted by molar-refractivity contribution is -0.138. The van der Waals surface area contributed by atoms with Gasteiger partial charge in [0.2, 0.25) is 0 Å². The zero-order valence-corrected chi connectivity index (χ0v) is 12.1. The summed E-state index contributed by atoms with van der Waals surface area (Å²) in [7, 11) is 0. The number of hydrogen-bond donors (Lipinski definition) is 2. The zero-order valence-electron chi connectivity index (χ0n) is 12.1. The zero-order chi connectivity index (χ0) is 14.6. The number of hydrogen-bond acceptors (Lipinski definition) is 3. The Morgan fingerprint density at radius 2 is 1.95 bits per heavy atom. The van der Waals surface area contributed by atoms with Gasteiger partial charge in [0.1, 0.15) is 6.54 Å². The SMILES string of the molecule is CCOC1CC(NC(=O)N(CC(=O)O)C(C)(C)C)C1. The van der Waals surface area contributed by atoms with Crippen molar-refractivity contribution in [3.05, 3.63) is 0 Å². The lowest BCUT2D eigenvalue weighted by Gasteiger charge is -2.39. The average molecular weight is 272 g/mol. The predicted molar refractivity (Wildman–Crippen MR) is 71.1 cm³/mol. The van der Waals surface area contributed by atoms with E-state index in [1.54, 1.807) is 0 Å². The van der Waals surface area contributed by atoms with E-state index in [2.05, 4.69) is 5.32 Å². The highest BCUT2D eigenvalue weighted by molar-refractivity contribution is 5.81. The molecule has 19 heavy (non-hydrogen) atoms. The van der Waals surface area contributed by atoms with Gasteiger partial charge in [-0.2, -0.15) is 0 Å². The highest BCUT2D eigenvalue weighted by atomic mass is 16.5. The third-order valence-electron chi connectivity index (χ3n) is 3.17. The summed E-state index contributed by atoms with van der Waals surface area (Å²) >= 11 is 0. The first-order valence-electron chi connectivity index (χ1n) is 6.65. The summed E-state index contributed by atoms with van der Waals surface area (Å²) < 4.78 is 5.42. The highest BCUT2D eigenvalue weighted by Crippen LogP contribution is 2.24. The van der Waals surface area contributed by atoms with Gasteiger partial charge in [-0.05, 0) is 40.5 Å². The Morgan fingerprint density at radius 1 is 1.37 bits per heavy atom. The van der Waals surface area contributed by atoms with Gasteiger partial charge in [-0.1, -0.05) is 0 Å². The molecule has 2 amide bonds. The summed E-state index contributed by atoms with van der Waals surface area (Å²) in [4.78, 5) is 24.3. The predicted octanol–water partition coefficient (Wildman–Crippen LogP) is 1.45. The molecule has 1 fully saturated rings. The van der Waals surface area contributed by atoms with Crippen LogP contribution in [0.15, 0.2) is 0 Å². The van der Waals surface area contributed by atoms with Crippen molar-refractivity contribution >= 4 is 12.0 Å². The molecule has 0 aromatic carbocycles. The minimum atomic E-state index is -1.01. The molecule has 0 saturated heterocycles. The number of urea groups is 1. The maximum Gasteiger partial charge on any atom is 0.323 e. The van der Waals surface area contributed by atoms with Crippen molar-refractivity contribution in [2.24, 2.45) is 0 Å². The van der Waals surface area contributed by atoms with Crippen molar-refractivity contribution < 1.29 is 19.4 Å². The molecule has 0 bridgehead atoms. The fourth-order valence-electron chi connectivity index (χ4n) is 2.06. The number of carbonyl (C=O) groups excluding carboxylic acids is 1. The molecule has 6 nitrogen and oxygen atoms in total. The van der Waals surface area contributed by atoms with Gasteiger partial charge in [0.25, 0.3) is 0 Å². The Hall–Kier alpha value is -1.30. The molecule has 1 aliphatic carbocycles. The minimum absolute atomic E-state index is 0.0858. The molecular weight excluding hydrogens is 248 g/mol. The average Bonchev–Trinajstić information content (AvgIpc) is 2.21. The molecule has 6 heteroatoms. The van der Waals surface area contributed by atoms with E-state index in [1.807, 2.05) is 27.7 Å². The Kier molecular flexibility index (Phi) is 5.17. The Bertz CT molecular complexity index is 332. The number of carbonyl (C=O) groups is 2. The van der Waals surface area contributed by atoms with Crippen LogP contribution < -0.4 is 5.32 Å². The summed E-state index contributed by atoms with van der Waals surface area (Å²) in [5.74, 6) is -1.01. The normalized spacial score (nSPS) is 22.5. The lowest BCUT2D eigenvalue weighted by atomic mass is 9.89. The molecule has 0 aliphatic heterocycles. The first kappa shape index (κ1) is 15.8. The molecule has 1 aliphatic rings. The van der Waals surface area contributed by atoms with Crippen LogP contribution in [0.25, 0.3) is 0 Å². The number of amides is 2. The van der Waals surface area contributed by atoms with Gasteiger partial charge >= 0.3 is 12.0 Å². The van der Waals surface area contributed by atoms with Crippen molar-refractivity contribution in [3.63, 3.8) is 0 Å². The number of carboxylic acids is 1. The second-order valence-corrected chi connectivity index (χ2v) is 5.85. The summed E-state index contributed by atoms with van der Waals surface area (Å²) in [5, 5.41) is 11.7. The number of ether oxygens (including phenoxy) is 1. The molecule has 0 unspecified atom stereocenters. The van der Waals surface area contributed by atoms with E-state index in [1.165, 1.54) is 4.90 Å². The quantitative estimate of drug-likeness (QED) is 0.794. The first-order valence-corrected chi connectivity index (χ1v) is 6.65. The molecule has 110 valence electrons. The van der Waals surface area contributed by atoms with Crippen LogP contribution in [-0.2, 0) is 9.53 Å². The maximum atomic E-state index is 12.1. The first-order chi connectivity index (χ1) is 8.74. The van der Waals surface area contributed by atoms with Gasteiger partial charge in [0.15, 0.2) is 0 Å². The van der Waals surface area contributed by atoms with Gasteiger partial charge in [-0.15, -0.1) is 0 Å². The van der Waals surface area contributed by atoms with E-state index >= 15 is 0 Å². The van der Waals surface area contributed by atoms with Crippen molar-refractivity contribution in [1.82, 2.24) is 10.2 Å². The number of carboxylic acid groups (broad SMARTS) is 1. The molecule has 0 heterocycles. The molecule has 0 aromatic heterocycles. The molecular formula is C13H24N2O4. The van der Waals surface area contributed by atoms with Crippen molar-refractivity contribution in [1.29, 1.82) is 0 Å². The van der Waals surface area contributed by atoms with E-state index in [4.69, 9.17) is 9.84 Å². The number of aliphatic carboxylic acids is 1. The summed E-state index contributed by atoms with van der Waals surface area (Å²) in [6.45, 7) is 7.79. The largest absolute Gasteiger partial charge is 0.480 e. The summed E-state index contributed by atoms with van der Waals surface area (Å²) in [6, 6.07) is -0.238. The van der Waals surface area contributed by atoms with Gasteiger partial charge in [0.05, 0.1) is 6.10 Å². The second kappa shape index (κ2) is 6.23. The lowest BCUT2D eigenvalue weighted by Crippen LogP contribution is -2.57. The Morgan fingerprint density at radius 3 is 2.37 bits per heavy atom. The van der Waals surface area contributed by atoms with Crippen LogP contribution in [0.4, 0.5) is 4.79 Å². The summed E-state index contributed by atoms with van der Waals surface area (Å²) in [6.07, 6.45) is 1.81. The third-order valence-corrected chi connectivity index (χ3v) is 3.17. The van der Waals surface area contributed by atoms with Gasteiger partial charge < -0.3 is 20.1 Å². The van der Waals surface area contributed by atoms with Crippen LogP contribution in [-0.4, -0.2) is 52.8 Å². The molecule has 0 aromatic rings. The monoisotopic (exact) mass is 272 g/mol. The van der Waals surface area contributed by atoms with Crippen LogP contribution >= 0.6 is 0 Å². The van der Waals surface area contributed by atoms with Crippen molar-refractivity contribution in [3.8, 4) is 0 Å². The van der Waals surface area contributed by atoms with E-state index in [-0.39, 0.29) is 24.7 Å². The number of nitrogens with zero attached hydrogens (tertiary/aromatic N) is 1. The van der Waals surface area contributed by atoms with Crippen LogP contribution in [0.5, 0.6) is 0 Å². The number of nitrogens with one attached hydrogen (secondary N) is 1. The standard InChI is InChI=1S/C13H24N2O4/c1-5-19-10-6-9(7-10)14-12(18)15(8-11(16)17)13(2,3)4/h9-10H,5-8H2,1-4H3,(H,14,18)(H,16,17). The second-order valence-electron chi connectivity index (χ2n) is 5.85. The third kappa shape index (κ3) is 4.70. The van der Waals surface area contributed by atoms with Crippen LogP contribution in [0.2, 0.25) is 0 Å². The van der Waals surface area contributed by atoms with Gasteiger partial charge in [-0.3, -0.25) is 4.79 Å². The van der Waals surface area contributed by atoms with Crippen molar-refractivity contribution in [2.45, 2.75) is 58.2 Å². The fourth-order valence-corrected chi connectivity index (χ4v) is 2.06. The van der Waals surface area contributed by atoms with E-state index in [0.29, 0.717) is 6.61 Å². The van der Waals surface area contributed by atoms with E-state index in [9.17, 15) is 9.59 Å². The van der Waals surface area contributed by atoms with E-state index < -0.39 is 11.5 Å². The van der Waals surface area contributed by atoms with Crippen molar-refractivity contribution in [2.75, 3.05) is 13.2 Å². The molecule has 0 atom stereocenters. The molecule has 2 N–H and O–H groups in total. The summed E-state index contributed by atoms with van der Waals surface area (Å²) in [5.41, 5.74) is -0.522. The van der Waals surface area contributed by atoms with Crippen LogP contribution in [0.1, 0.15) is 40.5 Å². The van der Waals surface area contributed by atoms with Gasteiger partial charge in [-0.25, -0.2) is 4.79 Å². The Balaban J connectivity index is 2.48. The van der Waals surface area contributed by atoms with E-state index in [0.717, 1.165) is 12.8 Å². The minimum Gasteiger partial charge on any atom is -0.480 e. The van der Waals surface area contributed by atoms with Crippen LogP contribution in [0, 0.1) is 0 Å². The molecule has 0 spiro atoms. The maximum absolute atomic E-state index is 12.1.